The predicted molar refractivity (Wildman–Crippen MR) is 107 cm³/mol. The van der Waals surface area contributed by atoms with Crippen LogP contribution in [0.3, 0.4) is 0 Å². The Bertz CT molecular complexity index is 786. The number of hydrogen-bond donors (Lipinski definition) is 0. The van der Waals surface area contributed by atoms with Gasteiger partial charge in [0, 0.05) is 11.4 Å². The van der Waals surface area contributed by atoms with Gasteiger partial charge in [-0.3, -0.25) is 14.3 Å². The standard InChI is InChI=1S/C20H31N3OS/c1-5-22(6-2)13-17-21-19-18(15-9-7-8-10-16(15)25-19)20(24)23(17)12-11-14(3)4/h14H,5-13H2,1-4H3. The largest absolute Gasteiger partial charge is 0.297 e. The summed E-state index contributed by atoms with van der Waals surface area (Å²) in [6, 6.07) is 0. The number of aromatic nitrogens is 2. The Morgan fingerprint density at radius 1 is 1.20 bits per heavy atom. The lowest BCUT2D eigenvalue weighted by Crippen LogP contribution is -2.31. The van der Waals surface area contributed by atoms with Crippen molar-refractivity contribution < 1.29 is 0 Å². The van der Waals surface area contributed by atoms with Crippen LogP contribution in [0.1, 0.15) is 63.2 Å². The Balaban J connectivity index is 2.11. The molecular weight excluding hydrogens is 330 g/mol. The van der Waals surface area contributed by atoms with Crippen LogP contribution in [0.2, 0.25) is 0 Å². The van der Waals surface area contributed by atoms with Crippen LogP contribution in [-0.2, 0) is 25.9 Å². The van der Waals surface area contributed by atoms with Crippen LogP contribution in [0.4, 0.5) is 0 Å². The third kappa shape index (κ3) is 3.82. The molecule has 0 saturated heterocycles. The normalized spacial score (nSPS) is 14.6. The van der Waals surface area contributed by atoms with E-state index in [2.05, 4.69) is 32.6 Å². The van der Waals surface area contributed by atoms with Crippen LogP contribution in [0.5, 0.6) is 0 Å². The van der Waals surface area contributed by atoms with E-state index < -0.39 is 0 Å². The summed E-state index contributed by atoms with van der Waals surface area (Å²) in [5.74, 6) is 1.53. The first-order chi connectivity index (χ1) is 12.0. The highest BCUT2D eigenvalue weighted by atomic mass is 32.1. The number of fused-ring (bicyclic) bond motifs is 3. The molecule has 1 aliphatic rings. The van der Waals surface area contributed by atoms with Crippen molar-refractivity contribution in [3.63, 3.8) is 0 Å². The predicted octanol–water partition coefficient (Wildman–Crippen LogP) is 4.22. The molecule has 2 aromatic heterocycles. The van der Waals surface area contributed by atoms with Gasteiger partial charge >= 0.3 is 0 Å². The van der Waals surface area contributed by atoms with Gasteiger partial charge in [-0.2, -0.15) is 0 Å². The summed E-state index contributed by atoms with van der Waals surface area (Å²) in [5.41, 5.74) is 1.50. The summed E-state index contributed by atoms with van der Waals surface area (Å²) in [6.07, 6.45) is 5.63. The van der Waals surface area contributed by atoms with Crippen LogP contribution < -0.4 is 5.56 Å². The highest BCUT2D eigenvalue weighted by molar-refractivity contribution is 7.18. The van der Waals surface area contributed by atoms with E-state index in [-0.39, 0.29) is 5.56 Å². The number of thiophene rings is 1. The van der Waals surface area contributed by atoms with Crippen LogP contribution in [0.25, 0.3) is 10.2 Å². The molecule has 0 fully saturated rings. The van der Waals surface area contributed by atoms with E-state index in [0.717, 1.165) is 61.5 Å². The topological polar surface area (TPSA) is 38.1 Å². The molecule has 0 aromatic carbocycles. The molecule has 0 spiro atoms. The lowest BCUT2D eigenvalue weighted by atomic mass is 9.97. The Kier molecular flexibility index (Phi) is 5.95. The molecule has 0 N–H and O–H groups in total. The van der Waals surface area contributed by atoms with Crippen molar-refractivity contribution in [2.75, 3.05) is 13.1 Å². The fourth-order valence-electron chi connectivity index (χ4n) is 3.67. The molecule has 3 rings (SSSR count). The minimum atomic E-state index is 0.201. The van der Waals surface area contributed by atoms with Crippen LogP contribution in [0.15, 0.2) is 4.79 Å². The minimum absolute atomic E-state index is 0.201. The Morgan fingerprint density at radius 3 is 2.60 bits per heavy atom. The second-order valence-corrected chi connectivity index (χ2v) is 8.60. The highest BCUT2D eigenvalue weighted by Gasteiger charge is 2.22. The maximum Gasteiger partial charge on any atom is 0.262 e. The van der Waals surface area contributed by atoms with Crippen LogP contribution >= 0.6 is 11.3 Å². The van der Waals surface area contributed by atoms with Crippen molar-refractivity contribution >= 4 is 21.6 Å². The van der Waals surface area contributed by atoms with Gasteiger partial charge in [0.2, 0.25) is 0 Å². The molecule has 138 valence electrons. The third-order valence-electron chi connectivity index (χ3n) is 5.34. The van der Waals surface area contributed by atoms with Gasteiger partial charge in [-0.1, -0.05) is 27.7 Å². The fourth-order valence-corrected chi connectivity index (χ4v) is 4.94. The van der Waals surface area contributed by atoms with Crippen molar-refractivity contribution in [1.29, 1.82) is 0 Å². The van der Waals surface area contributed by atoms with E-state index in [1.165, 1.54) is 23.3 Å². The minimum Gasteiger partial charge on any atom is -0.297 e. The maximum atomic E-state index is 13.4. The summed E-state index contributed by atoms with van der Waals surface area (Å²) in [6.45, 7) is 12.3. The lowest BCUT2D eigenvalue weighted by molar-refractivity contribution is 0.280. The van der Waals surface area contributed by atoms with Crippen molar-refractivity contribution in [3.8, 4) is 0 Å². The average Bonchev–Trinajstić information content (AvgIpc) is 2.97. The molecule has 0 atom stereocenters. The van der Waals surface area contributed by atoms with E-state index in [1.54, 1.807) is 11.3 Å². The average molecular weight is 362 g/mol. The first-order valence-corrected chi connectivity index (χ1v) is 10.6. The first-order valence-electron chi connectivity index (χ1n) is 9.81. The molecule has 0 amide bonds. The summed E-state index contributed by atoms with van der Waals surface area (Å²) < 4.78 is 1.97. The number of nitrogens with zero attached hydrogens (tertiary/aromatic N) is 3. The second-order valence-electron chi connectivity index (χ2n) is 7.52. The van der Waals surface area contributed by atoms with Gasteiger partial charge in [0.15, 0.2) is 0 Å². The zero-order valence-electron chi connectivity index (χ0n) is 16.1. The van der Waals surface area contributed by atoms with Gasteiger partial charge in [-0.25, -0.2) is 4.98 Å². The number of rotatable bonds is 7. The molecule has 5 heteroatoms. The molecule has 0 aliphatic heterocycles. The number of hydrogen-bond acceptors (Lipinski definition) is 4. The SMILES string of the molecule is CCN(CC)Cc1nc2sc3c(c2c(=O)n1CCC(C)C)CCCC3. The smallest absolute Gasteiger partial charge is 0.262 e. The van der Waals surface area contributed by atoms with Crippen molar-refractivity contribution in [2.45, 2.75) is 72.9 Å². The third-order valence-corrected chi connectivity index (χ3v) is 6.53. The van der Waals surface area contributed by atoms with Crippen LogP contribution in [-0.4, -0.2) is 27.5 Å². The molecule has 0 bridgehead atoms. The van der Waals surface area contributed by atoms with Gasteiger partial charge in [0.1, 0.15) is 10.7 Å². The molecule has 2 aromatic rings. The molecule has 0 unspecified atom stereocenters. The highest BCUT2D eigenvalue weighted by Crippen LogP contribution is 2.33. The van der Waals surface area contributed by atoms with Gasteiger partial charge in [0.25, 0.3) is 5.56 Å². The molecule has 4 nitrogen and oxygen atoms in total. The first kappa shape index (κ1) is 18.6. The van der Waals surface area contributed by atoms with Crippen molar-refractivity contribution in [3.05, 3.63) is 26.6 Å². The molecule has 2 heterocycles. The van der Waals surface area contributed by atoms with E-state index in [1.807, 2.05) is 4.57 Å². The van der Waals surface area contributed by atoms with Gasteiger partial charge in [-0.05, 0) is 56.7 Å². The van der Waals surface area contributed by atoms with Gasteiger partial charge < -0.3 is 0 Å². The molecule has 25 heavy (non-hydrogen) atoms. The summed E-state index contributed by atoms with van der Waals surface area (Å²) in [7, 11) is 0. The Hall–Kier alpha value is -1.20. The van der Waals surface area contributed by atoms with Crippen molar-refractivity contribution in [2.24, 2.45) is 5.92 Å². The maximum absolute atomic E-state index is 13.4. The zero-order valence-corrected chi connectivity index (χ0v) is 16.9. The second kappa shape index (κ2) is 8.00. The lowest BCUT2D eigenvalue weighted by Gasteiger charge is -2.21. The monoisotopic (exact) mass is 361 g/mol. The van der Waals surface area contributed by atoms with Crippen molar-refractivity contribution in [1.82, 2.24) is 14.5 Å². The zero-order chi connectivity index (χ0) is 18.0. The quantitative estimate of drug-likeness (QED) is 0.741. The Labute approximate surface area is 154 Å². The van der Waals surface area contributed by atoms with E-state index in [0.29, 0.717) is 5.92 Å². The molecule has 0 radical (unpaired) electrons. The van der Waals surface area contributed by atoms with Gasteiger partial charge in [-0.15, -0.1) is 11.3 Å². The summed E-state index contributed by atoms with van der Waals surface area (Å²) >= 11 is 1.76. The van der Waals surface area contributed by atoms with Gasteiger partial charge in [0.05, 0.1) is 11.9 Å². The van der Waals surface area contributed by atoms with E-state index in [9.17, 15) is 4.79 Å². The Morgan fingerprint density at radius 2 is 1.92 bits per heavy atom. The van der Waals surface area contributed by atoms with Crippen LogP contribution in [0, 0.1) is 5.92 Å². The number of aryl methyl sites for hydroxylation is 2. The summed E-state index contributed by atoms with van der Waals surface area (Å²) in [5, 5.41) is 0.923. The summed E-state index contributed by atoms with van der Waals surface area (Å²) in [4.78, 5) is 23.1. The molecule has 1 aliphatic carbocycles. The van der Waals surface area contributed by atoms with E-state index in [4.69, 9.17) is 4.98 Å². The van der Waals surface area contributed by atoms with E-state index >= 15 is 0 Å². The fraction of sp³-hybridized carbons (Fsp3) is 0.700. The molecular formula is C20H31N3OS. The molecule has 0 saturated carbocycles.